The number of amides is 2. The van der Waals surface area contributed by atoms with E-state index in [1.54, 1.807) is 7.05 Å². The molecule has 10 heteroatoms. The van der Waals surface area contributed by atoms with Gasteiger partial charge in [0.05, 0.1) is 11.3 Å². The van der Waals surface area contributed by atoms with Crippen LogP contribution in [0.1, 0.15) is 18.9 Å². The van der Waals surface area contributed by atoms with E-state index in [0.717, 1.165) is 5.56 Å². The van der Waals surface area contributed by atoms with E-state index in [9.17, 15) is 22.8 Å². The van der Waals surface area contributed by atoms with E-state index in [1.165, 1.54) is 36.1 Å². The molecule has 2 N–H and O–H groups in total. The van der Waals surface area contributed by atoms with E-state index in [-0.39, 0.29) is 29.7 Å². The van der Waals surface area contributed by atoms with Crippen LogP contribution in [0.2, 0.25) is 0 Å². The monoisotopic (exact) mass is 447 g/mol. The number of sulfonamides is 1. The number of rotatable bonds is 10. The average Bonchev–Trinajstić information content (AvgIpc) is 2.72. The Morgan fingerprint density at radius 3 is 2.26 bits per heavy atom. The number of hydrogen-bond acceptors (Lipinski definition) is 6. The van der Waals surface area contributed by atoms with Gasteiger partial charge in [-0.3, -0.25) is 14.4 Å². The maximum absolute atomic E-state index is 12.3. The Balaban J connectivity index is 1.74. The first-order valence-electron chi connectivity index (χ1n) is 9.48. The van der Waals surface area contributed by atoms with Crippen molar-refractivity contribution < 1.29 is 27.5 Å². The Morgan fingerprint density at radius 1 is 1.00 bits per heavy atom. The molecule has 0 fully saturated rings. The average molecular weight is 448 g/mol. The second-order valence-electron chi connectivity index (χ2n) is 6.75. The summed E-state index contributed by atoms with van der Waals surface area (Å²) in [5.74, 6) is -1.32. The molecule has 0 bridgehead atoms. The molecule has 2 aromatic rings. The summed E-state index contributed by atoms with van der Waals surface area (Å²) in [6, 6.07) is 15.0. The van der Waals surface area contributed by atoms with Crippen LogP contribution >= 0.6 is 0 Å². The van der Waals surface area contributed by atoms with Crippen LogP contribution in [-0.4, -0.2) is 51.3 Å². The Morgan fingerprint density at radius 2 is 1.65 bits per heavy atom. The molecule has 0 aliphatic heterocycles. The number of hydrogen-bond donors (Lipinski definition) is 2. The number of carbonyl (C=O) groups is 3. The SMILES string of the molecule is CC(=O)Nc1ccc(S(=O)(=O)NCCC(=O)OCC(=O)N(C)Cc2ccccc2)cc1. The standard InChI is InChI=1S/C21H25N3O6S/c1-16(25)23-18-8-10-19(11-9-18)31(28,29)22-13-12-21(27)30-15-20(26)24(2)14-17-6-4-3-5-7-17/h3-11,22H,12-15H2,1-2H3,(H,23,25). The summed E-state index contributed by atoms with van der Waals surface area (Å²) >= 11 is 0. The zero-order chi connectivity index (χ0) is 22.9. The molecular weight excluding hydrogens is 422 g/mol. The number of nitrogens with zero attached hydrogens (tertiary/aromatic N) is 1. The third-order valence-corrected chi connectivity index (χ3v) is 5.63. The van der Waals surface area contributed by atoms with Gasteiger partial charge in [0.1, 0.15) is 0 Å². The summed E-state index contributed by atoms with van der Waals surface area (Å²) in [5.41, 5.74) is 1.42. The summed E-state index contributed by atoms with van der Waals surface area (Å²) in [4.78, 5) is 36.3. The number of anilines is 1. The number of nitrogens with one attached hydrogen (secondary N) is 2. The molecule has 2 rings (SSSR count). The summed E-state index contributed by atoms with van der Waals surface area (Å²) in [6.07, 6.45) is -0.223. The van der Waals surface area contributed by atoms with Crippen molar-refractivity contribution in [2.24, 2.45) is 0 Å². The molecule has 0 unspecified atom stereocenters. The van der Waals surface area contributed by atoms with Gasteiger partial charge in [0.25, 0.3) is 5.91 Å². The van der Waals surface area contributed by atoms with Crippen molar-refractivity contribution in [1.29, 1.82) is 0 Å². The number of carbonyl (C=O) groups excluding carboxylic acids is 3. The van der Waals surface area contributed by atoms with Crippen molar-refractivity contribution in [3.63, 3.8) is 0 Å². The number of likely N-dealkylation sites (N-methyl/N-ethyl adjacent to an activating group) is 1. The molecule has 0 aromatic heterocycles. The van der Waals surface area contributed by atoms with Crippen LogP contribution in [0.5, 0.6) is 0 Å². The van der Waals surface area contributed by atoms with Crippen LogP contribution in [0.4, 0.5) is 5.69 Å². The summed E-state index contributed by atoms with van der Waals surface area (Å²) in [6.45, 7) is 1.14. The van der Waals surface area contributed by atoms with Crippen LogP contribution < -0.4 is 10.0 Å². The number of benzene rings is 2. The molecule has 2 amide bonds. The number of ether oxygens (including phenoxy) is 1. The minimum atomic E-state index is -3.83. The molecule has 0 saturated carbocycles. The highest BCUT2D eigenvalue weighted by Crippen LogP contribution is 2.14. The smallest absolute Gasteiger partial charge is 0.307 e. The molecule has 0 saturated heterocycles. The van der Waals surface area contributed by atoms with E-state index in [1.807, 2.05) is 30.3 Å². The van der Waals surface area contributed by atoms with E-state index in [2.05, 4.69) is 10.0 Å². The Kier molecular flexibility index (Phi) is 8.71. The Labute approximate surface area is 181 Å². The minimum absolute atomic E-state index is 0.00677. The molecule has 0 spiro atoms. The van der Waals surface area contributed by atoms with Gasteiger partial charge in [0, 0.05) is 32.7 Å². The molecule has 0 atom stereocenters. The lowest BCUT2D eigenvalue weighted by Crippen LogP contribution is -2.31. The van der Waals surface area contributed by atoms with Gasteiger partial charge in [-0.25, -0.2) is 13.1 Å². The zero-order valence-corrected chi connectivity index (χ0v) is 18.1. The van der Waals surface area contributed by atoms with E-state index in [4.69, 9.17) is 4.74 Å². The van der Waals surface area contributed by atoms with Crippen LogP contribution in [0.3, 0.4) is 0 Å². The lowest BCUT2D eigenvalue weighted by atomic mass is 10.2. The molecule has 9 nitrogen and oxygen atoms in total. The van der Waals surface area contributed by atoms with Crippen molar-refractivity contribution >= 4 is 33.5 Å². The van der Waals surface area contributed by atoms with Crippen LogP contribution in [0.15, 0.2) is 59.5 Å². The van der Waals surface area contributed by atoms with Crippen molar-refractivity contribution in [1.82, 2.24) is 9.62 Å². The maximum Gasteiger partial charge on any atom is 0.307 e. The molecule has 31 heavy (non-hydrogen) atoms. The van der Waals surface area contributed by atoms with Gasteiger partial charge in [-0.1, -0.05) is 30.3 Å². The quantitative estimate of drug-likeness (QED) is 0.533. The molecular formula is C21H25N3O6S. The summed E-state index contributed by atoms with van der Waals surface area (Å²) in [5, 5.41) is 2.54. The fourth-order valence-electron chi connectivity index (χ4n) is 2.56. The highest BCUT2D eigenvalue weighted by molar-refractivity contribution is 7.89. The van der Waals surface area contributed by atoms with Gasteiger partial charge in [0.15, 0.2) is 6.61 Å². The fourth-order valence-corrected chi connectivity index (χ4v) is 3.59. The Hall–Kier alpha value is -3.24. The predicted molar refractivity (Wildman–Crippen MR) is 114 cm³/mol. The van der Waals surface area contributed by atoms with E-state index >= 15 is 0 Å². The lowest BCUT2D eigenvalue weighted by Gasteiger charge is -2.17. The molecule has 0 heterocycles. The van der Waals surface area contributed by atoms with Crippen molar-refractivity contribution in [3.05, 3.63) is 60.2 Å². The third-order valence-electron chi connectivity index (χ3n) is 4.15. The van der Waals surface area contributed by atoms with E-state index in [0.29, 0.717) is 12.2 Å². The van der Waals surface area contributed by atoms with Gasteiger partial charge in [0.2, 0.25) is 15.9 Å². The zero-order valence-electron chi connectivity index (χ0n) is 17.3. The fraction of sp³-hybridized carbons (Fsp3) is 0.286. The first-order valence-corrected chi connectivity index (χ1v) is 11.0. The van der Waals surface area contributed by atoms with Gasteiger partial charge < -0.3 is 15.0 Å². The van der Waals surface area contributed by atoms with Gasteiger partial charge >= 0.3 is 5.97 Å². The molecule has 0 radical (unpaired) electrons. The molecule has 0 aliphatic rings. The predicted octanol–water partition coefficient (Wildman–Crippen LogP) is 1.52. The van der Waals surface area contributed by atoms with Crippen LogP contribution in [0.25, 0.3) is 0 Å². The van der Waals surface area contributed by atoms with Gasteiger partial charge in [-0.2, -0.15) is 0 Å². The molecule has 2 aromatic carbocycles. The van der Waals surface area contributed by atoms with E-state index < -0.39 is 22.6 Å². The largest absolute Gasteiger partial charge is 0.456 e. The van der Waals surface area contributed by atoms with Crippen LogP contribution in [-0.2, 0) is 35.7 Å². The first kappa shape index (κ1) is 24.0. The summed E-state index contributed by atoms with van der Waals surface area (Å²) in [7, 11) is -2.22. The minimum Gasteiger partial charge on any atom is -0.456 e. The second-order valence-corrected chi connectivity index (χ2v) is 8.52. The first-order chi connectivity index (χ1) is 14.7. The third kappa shape index (κ3) is 8.19. The topological polar surface area (TPSA) is 122 Å². The number of esters is 1. The van der Waals surface area contributed by atoms with Gasteiger partial charge in [-0.15, -0.1) is 0 Å². The molecule has 0 aliphatic carbocycles. The second kappa shape index (κ2) is 11.2. The maximum atomic E-state index is 12.3. The van der Waals surface area contributed by atoms with Crippen LogP contribution in [0, 0.1) is 0 Å². The summed E-state index contributed by atoms with van der Waals surface area (Å²) < 4.78 is 31.8. The van der Waals surface area contributed by atoms with Crippen molar-refractivity contribution in [3.8, 4) is 0 Å². The van der Waals surface area contributed by atoms with Gasteiger partial charge in [-0.05, 0) is 29.8 Å². The molecule has 166 valence electrons. The highest BCUT2D eigenvalue weighted by Gasteiger charge is 2.16. The normalized spacial score (nSPS) is 10.9. The highest BCUT2D eigenvalue weighted by atomic mass is 32.2. The Bertz CT molecular complexity index is 1010. The van der Waals surface area contributed by atoms with Crippen molar-refractivity contribution in [2.45, 2.75) is 24.8 Å². The lowest BCUT2D eigenvalue weighted by molar-refractivity contribution is -0.151. The van der Waals surface area contributed by atoms with Crippen molar-refractivity contribution in [2.75, 3.05) is 25.5 Å².